The van der Waals surface area contributed by atoms with Crippen molar-refractivity contribution in [2.45, 2.75) is 46.1 Å². The van der Waals surface area contributed by atoms with Gasteiger partial charge in [-0.25, -0.2) is 8.42 Å². The minimum atomic E-state index is -2.94. The van der Waals surface area contributed by atoms with E-state index in [1.54, 1.807) is 4.31 Å². The van der Waals surface area contributed by atoms with Gasteiger partial charge in [0.15, 0.2) is 0 Å². The van der Waals surface area contributed by atoms with Crippen LogP contribution in [-0.2, 0) is 10.0 Å². The van der Waals surface area contributed by atoms with Crippen LogP contribution >= 0.6 is 0 Å². The highest BCUT2D eigenvalue weighted by atomic mass is 32.2. The third kappa shape index (κ3) is 4.09. The molecule has 1 atom stereocenters. The Kier molecular flexibility index (Phi) is 5.56. The van der Waals surface area contributed by atoms with E-state index in [-0.39, 0.29) is 6.04 Å². The molecule has 0 aromatic heterocycles. The first-order valence-corrected chi connectivity index (χ1v) is 6.83. The molecule has 0 bridgehead atoms. The summed E-state index contributed by atoms with van der Waals surface area (Å²) in [4.78, 5) is 0. The molecule has 0 spiro atoms. The molecule has 0 radical (unpaired) electrons. The largest absolute Gasteiger partial charge is 0.212 e. The summed E-state index contributed by atoms with van der Waals surface area (Å²) < 4.78 is 23.8. The van der Waals surface area contributed by atoms with E-state index in [0.29, 0.717) is 6.54 Å². The molecule has 1 heterocycles. The Morgan fingerprint density at radius 3 is 2.08 bits per heavy atom. The van der Waals surface area contributed by atoms with Crippen molar-refractivity contribution in [3.63, 3.8) is 0 Å². The molecule has 0 saturated carbocycles. The van der Waals surface area contributed by atoms with E-state index >= 15 is 0 Å². The van der Waals surface area contributed by atoms with Crippen molar-refractivity contribution in [1.29, 1.82) is 0 Å². The predicted octanol–water partition coefficient (Wildman–Crippen LogP) is 1.85. The summed E-state index contributed by atoms with van der Waals surface area (Å²) in [6, 6.07) is 0.207. The topological polar surface area (TPSA) is 37.4 Å². The van der Waals surface area contributed by atoms with E-state index in [2.05, 4.69) is 0 Å². The smallest absolute Gasteiger partial charge is 0.211 e. The molecule has 0 N–H and O–H groups in total. The molecule has 1 fully saturated rings. The third-order valence-electron chi connectivity index (χ3n) is 2.17. The van der Waals surface area contributed by atoms with Crippen LogP contribution < -0.4 is 0 Å². The van der Waals surface area contributed by atoms with Gasteiger partial charge in [0.25, 0.3) is 0 Å². The molecule has 1 aliphatic rings. The van der Waals surface area contributed by atoms with Gasteiger partial charge in [0.1, 0.15) is 0 Å². The van der Waals surface area contributed by atoms with Crippen LogP contribution in [0.15, 0.2) is 0 Å². The van der Waals surface area contributed by atoms with Crippen molar-refractivity contribution in [3.8, 4) is 0 Å². The van der Waals surface area contributed by atoms with E-state index < -0.39 is 10.0 Å². The Hall–Kier alpha value is -0.0900. The second kappa shape index (κ2) is 5.60. The average molecular weight is 207 g/mol. The maximum atomic E-state index is 11.1. The minimum Gasteiger partial charge on any atom is -0.212 e. The van der Waals surface area contributed by atoms with Crippen LogP contribution in [0.5, 0.6) is 0 Å². The number of rotatable bonds is 1. The molecule has 4 heteroatoms. The van der Waals surface area contributed by atoms with E-state index in [1.165, 1.54) is 6.26 Å². The van der Waals surface area contributed by atoms with Crippen LogP contribution in [0.2, 0.25) is 0 Å². The summed E-state index contributed by atoms with van der Waals surface area (Å²) in [7, 11) is -2.94. The summed E-state index contributed by atoms with van der Waals surface area (Å²) >= 11 is 0. The van der Waals surface area contributed by atoms with Crippen LogP contribution in [0, 0.1) is 0 Å². The van der Waals surface area contributed by atoms with Gasteiger partial charge in [0.2, 0.25) is 10.0 Å². The second-order valence-corrected chi connectivity index (χ2v) is 5.15. The zero-order valence-corrected chi connectivity index (χ0v) is 9.89. The lowest BCUT2D eigenvalue weighted by Gasteiger charge is -2.30. The van der Waals surface area contributed by atoms with Crippen LogP contribution in [0.1, 0.15) is 40.0 Å². The molecule has 0 aromatic carbocycles. The van der Waals surface area contributed by atoms with Gasteiger partial charge >= 0.3 is 0 Å². The molecular formula is C9H21NO2S. The van der Waals surface area contributed by atoms with Crippen LogP contribution in [-0.4, -0.2) is 31.6 Å². The molecule has 80 valence electrons. The Morgan fingerprint density at radius 1 is 1.23 bits per heavy atom. The fraction of sp³-hybridized carbons (Fsp3) is 1.00. The van der Waals surface area contributed by atoms with Gasteiger partial charge in [0, 0.05) is 12.6 Å². The van der Waals surface area contributed by atoms with E-state index in [9.17, 15) is 8.42 Å². The van der Waals surface area contributed by atoms with Gasteiger partial charge in [0.05, 0.1) is 6.26 Å². The summed E-state index contributed by atoms with van der Waals surface area (Å²) in [6.45, 7) is 6.68. The van der Waals surface area contributed by atoms with E-state index in [4.69, 9.17) is 0 Å². The number of piperidine rings is 1. The predicted molar refractivity (Wildman–Crippen MR) is 56.2 cm³/mol. The van der Waals surface area contributed by atoms with Crippen LogP contribution in [0.3, 0.4) is 0 Å². The molecule has 1 saturated heterocycles. The first-order chi connectivity index (χ1) is 6.02. The van der Waals surface area contributed by atoms with Gasteiger partial charge < -0.3 is 0 Å². The lowest BCUT2D eigenvalue weighted by Crippen LogP contribution is -2.41. The third-order valence-corrected chi connectivity index (χ3v) is 3.56. The van der Waals surface area contributed by atoms with Crippen molar-refractivity contribution >= 4 is 10.0 Å². The highest BCUT2D eigenvalue weighted by Crippen LogP contribution is 2.18. The fourth-order valence-corrected chi connectivity index (χ4v) is 2.78. The minimum absolute atomic E-state index is 0.207. The summed E-state index contributed by atoms with van der Waals surface area (Å²) in [5, 5.41) is 0. The molecule has 1 aliphatic heterocycles. The number of hydrogen-bond donors (Lipinski definition) is 0. The SMILES string of the molecule is CC.C[C@@H]1CCCCN1S(C)(=O)=O. The Bertz CT molecular complexity index is 224. The monoisotopic (exact) mass is 207 g/mol. The van der Waals surface area contributed by atoms with E-state index in [1.807, 2.05) is 20.8 Å². The zero-order valence-electron chi connectivity index (χ0n) is 9.08. The molecule has 0 amide bonds. The fourth-order valence-electron chi connectivity index (χ4n) is 1.56. The molecule has 1 rings (SSSR count). The van der Waals surface area contributed by atoms with Gasteiger partial charge in [-0.2, -0.15) is 4.31 Å². The van der Waals surface area contributed by atoms with Gasteiger partial charge in [-0.05, 0) is 19.8 Å². The number of hydrogen-bond acceptors (Lipinski definition) is 2. The van der Waals surface area contributed by atoms with Gasteiger partial charge in [-0.15, -0.1) is 0 Å². The number of sulfonamides is 1. The first-order valence-electron chi connectivity index (χ1n) is 4.98. The molecule has 0 unspecified atom stereocenters. The molecule has 13 heavy (non-hydrogen) atoms. The Morgan fingerprint density at radius 2 is 1.77 bits per heavy atom. The molecule has 0 aromatic rings. The van der Waals surface area contributed by atoms with Crippen molar-refractivity contribution < 1.29 is 8.42 Å². The van der Waals surface area contributed by atoms with Crippen LogP contribution in [0.4, 0.5) is 0 Å². The summed E-state index contributed by atoms with van der Waals surface area (Å²) in [6.07, 6.45) is 4.46. The highest BCUT2D eigenvalue weighted by molar-refractivity contribution is 7.88. The van der Waals surface area contributed by atoms with Gasteiger partial charge in [-0.3, -0.25) is 0 Å². The van der Waals surface area contributed by atoms with Crippen molar-refractivity contribution in [3.05, 3.63) is 0 Å². The highest BCUT2D eigenvalue weighted by Gasteiger charge is 2.25. The van der Waals surface area contributed by atoms with E-state index in [0.717, 1.165) is 19.3 Å². The normalized spacial score (nSPS) is 24.8. The first kappa shape index (κ1) is 12.9. The van der Waals surface area contributed by atoms with Crippen molar-refractivity contribution in [1.82, 2.24) is 4.31 Å². The van der Waals surface area contributed by atoms with Crippen LogP contribution in [0.25, 0.3) is 0 Å². The quantitative estimate of drug-likeness (QED) is 0.658. The summed E-state index contributed by atoms with van der Waals surface area (Å²) in [5.74, 6) is 0. The maximum absolute atomic E-state index is 11.1. The molecule has 0 aliphatic carbocycles. The average Bonchev–Trinajstić information content (AvgIpc) is 2.07. The summed E-state index contributed by atoms with van der Waals surface area (Å²) in [5.41, 5.74) is 0. The molecule has 3 nitrogen and oxygen atoms in total. The maximum Gasteiger partial charge on any atom is 0.211 e. The van der Waals surface area contributed by atoms with Crippen molar-refractivity contribution in [2.75, 3.05) is 12.8 Å². The Labute approximate surface area is 82.2 Å². The van der Waals surface area contributed by atoms with Gasteiger partial charge in [-0.1, -0.05) is 20.3 Å². The number of nitrogens with zero attached hydrogens (tertiary/aromatic N) is 1. The lowest BCUT2D eigenvalue weighted by molar-refractivity contribution is 0.270. The standard InChI is InChI=1S/C7H15NO2S.C2H6/c1-7-5-3-4-6-8(7)11(2,9)10;1-2/h7H,3-6H2,1-2H3;1-2H3/t7-;/m1./s1. The second-order valence-electron chi connectivity index (χ2n) is 3.22. The zero-order chi connectivity index (χ0) is 10.5. The lowest BCUT2D eigenvalue weighted by atomic mass is 10.1. The van der Waals surface area contributed by atoms with Crippen molar-refractivity contribution in [2.24, 2.45) is 0 Å². The Balaban J connectivity index is 0.000000671. The molecular weight excluding hydrogens is 186 g/mol.